The van der Waals surface area contributed by atoms with Gasteiger partial charge in [-0.1, -0.05) is 30.3 Å². The van der Waals surface area contributed by atoms with E-state index < -0.39 is 6.04 Å². The molecule has 0 bridgehead atoms. The van der Waals surface area contributed by atoms with Crippen molar-refractivity contribution in [2.24, 2.45) is 0 Å². The van der Waals surface area contributed by atoms with Crippen molar-refractivity contribution in [2.45, 2.75) is 32.0 Å². The first-order valence-electron chi connectivity index (χ1n) is 10.3. The van der Waals surface area contributed by atoms with E-state index in [1.807, 2.05) is 53.2 Å². The molecule has 1 aliphatic rings. The van der Waals surface area contributed by atoms with Crippen LogP contribution < -0.4 is 5.32 Å². The van der Waals surface area contributed by atoms with Crippen molar-refractivity contribution in [1.82, 2.24) is 25.0 Å². The van der Waals surface area contributed by atoms with Crippen LogP contribution in [0.3, 0.4) is 0 Å². The van der Waals surface area contributed by atoms with Gasteiger partial charge < -0.3 is 15.0 Å². The number of methoxy groups -OCH3 is 1. The van der Waals surface area contributed by atoms with Crippen LogP contribution in [0.25, 0.3) is 11.3 Å². The summed E-state index contributed by atoms with van der Waals surface area (Å²) in [6.45, 7) is 1.79. The van der Waals surface area contributed by atoms with Gasteiger partial charge in [0.2, 0.25) is 0 Å². The number of carbonyl (C=O) groups is 2. The Morgan fingerprint density at radius 3 is 2.74 bits per heavy atom. The summed E-state index contributed by atoms with van der Waals surface area (Å²) in [6, 6.07) is 14.6. The number of hydrogen-bond acceptors (Lipinski definition) is 5. The summed E-state index contributed by atoms with van der Waals surface area (Å²) in [6.07, 6.45) is 4.38. The maximum atomic E-state index is 13.1. The van der Waals surface area contributed by atoms with Gasteiger partial charge in [0.1, 0.15) is 0 Å². The van der Waals surface area contributed by atoms with E-state index >= 15 is 0 Å². The van der Waals surface area contributed by atoms with Gasteiger partial charge in [-0.05, 0) is 30.2 Å². The zero-order valence-corrected chi connectivity index (χ0v) is 17.4. The second kappa shape index (κ2) is 9.42. The number of esters is 1. The lowest BCUT2D eigenvalue weighted by Gasteiger charge is -2.25. The van der Waals surface area contributed by atoms with E-state index in [0.29, 0.717) is 13.1 Å². The van der Waals surface area contributed by atoms with Gasteiger partial charge in [0.05, 0.1) is 37.5 Å². The van der Waals surface area contributed by atoms with Crippen LogP contribution in [-0.4, -0.2) is 45.3 Å². The smallest absolute Gasteiger partial charge is 0.318 e. The Morgan fingerprint density at radius 2 is 2.00 bits per heavy atom. The number of aryl methyl sites for hydroxylation is 1. The number of aromatic nitrogens is 3. The van der Waals surface area contributed by atoms with Gasteiger partial charge >= 0.3 is 12.0 Å². The average molecular weight is 419 g/mol. The molecule has 0 saturated carbocycles. The van der Waals surface area contributed by atoms with Crippen LogP contribution in [0.4, 0.5) is 4.79 Å². The Labute approximate surface area is 180 Å². The van der Waals surface area contributed by atoms with Crippen molar-refractivity contribution in [3.05, 3.63) is 72.2 Å². The molecule has 3 aromatic rings. The van der Waals surface area contributed by atoms with Crippen LogP contribution in [0.5, 0.6) is 0 Å². The number of hydrogen-bond donors (Lipinski definition) is 1. The first-order valence-corrected chi connectivity index (χ1v) is 10.3. The van der Waals surface area contributed by atoms with Gasteiger partial charge in [-0.15, -0.1) is 0 Å². The molecule has 8 nitrogen and oxygen atoms in total. The maximum Gasteiger partial charge on any atom is 0.318 e. The topological polar surface area (TPSA) is 89.4 Å². The van der Waals surface area contributed by atoms with E-state index in [-0.39, 0.29) is 18.4 Å². The molecule has 0 fully saturated rings. The third kappa shape index (κ3) is 4.91. The molecule has 0 spiro atoms. The molecular weight excluding hydrogens is 394 g/mol. The fourth-order valence-corrected chi connectivity index (χ4v) is 3.72. The fraction of sp³-hybridized carbons (Fsp3) is 0.304. The number of fused-ring (bicyclic) bond motifs is 1. The molecule has 1 aliphatic heterocycles. The standard InChI is InChI=1S/C23H25N5O3/c1-31-22(29)14-20(17-7-3-2-4-8-17)25-23(30)27-11-6-12-28-19(16-27)13-21(26-28)18-9-5-10-24-15-18/h2-5,7-10,13,15,20H,6,11-12,14,16H2,1H3,(H,25,30)/t20-/m0/s1. The second-order valence-corrected chi connectivity index (χ2v) is 7.45. The van der Waals surface area contributed by atoms with Crippen LogP contribution in [0.15, 0.2) is 60.9 Å². The summed E-state index contributed by atoms with van der Waals surface area (Å²) in [5.74, 6) is -0.371. The van der Waals surface area contributed by atoms with Crippen molar-refractivity contribution in [3.8, 4) is 11.3 Å². The molecule has 8 heteroatoms. The average Bonchev–Trinajstić information content (AvgIpc) is 3.11. The lowest BCUT2D eigenvalue weighted by Crippen LogP contribution is -2.42. The summed E-state index contributed by atoms with van der Waals surface area (Å²) in [5.41, 5.74) is 3.62. The van der Waals surface area contributed by atoms with Crippen LogP contribution in [0.1, 0.15) is 30.1 Å². The minimum absolute atomic E-state index is 0.0726. The van der Waals surface area contributed by atoms with E-state index in [4.69, 9.17) is 9.84 Å². The number of urea groups is 1. The quantitative estimate of drug-likeness (QED) is 0.642. The van der Waals surface area contributed by atoms with Crippen molar-refractivity contribution in [3.63, 3.8) is 0 Å². The number of ether oxygens (including phenoxy) is 1. The number of carbonyl (C=O) groups excluding carboxylic acids is 2. The molecule has 2 aromatic heterocycles. The Balaban J connectivity index is 1.50. The molecule has 0 unspecified atom stereocenters. The molecule has 4 rings (SSSR count). The second-order valence-electron chi connectivity index (χ2n) is 7.45. The summed E-state index contributed by atoms with van der Waals surface area (Å²) in [4.78, 5) is 30.9. The van der Waals surface area contributed by atoms with Gasteiger partial charge in [-0.2, -0.15) is 5.10 Å². The minimum Gasteiger partial charge on any atom is -0.469 e. The number of benzene rings is 1. The molecule has 2 amide bonds. The van der Waals surface area contributed by atoms with Gasteiger partial charge in [-0.25, -0.2) is 4.79 Å². The molecular formula is C23H25N5O3. The summed E-state index contributed by atoms with van der Waals surface area (Å²) >= 11 is 0. The predicted octanol–water partition coefficient (Wildman–Crippen LogP) is 3.16. The lowest BCUT2D eigenvalue weighted by molar-refractivity contribution is -0.141. The van der Waals surface area contributed by atoms with Gasteiger partial charge in [0, 0.05) is 31.0 Å². The number of amides is 2. The molecule has 0 radical (unpaired) electrons. The molecule has 0 saturated heterocycles. The zero-order chi connectivity index (χ0) is 21.6. The van der Waals surface area contributed by atoms with Crippen molar-refractivity contribution in [2.75, 3.05) is 13.7 Å². The maximum absolute atomic E-state index is 13.1. The third-order valence-electron chi connectivity index (χ3n) is 5.36. The van der Waals surface area contributed by atoms with Crippen LogP contribution >= 0.6 is 0 Å². The van der Waals surface area contributed by atoms with Gasteiger partial charge in [0.15, 0.2) is 0 Å². The largest absolute Gasteiger partial charge is 0.469 e. The summed E-state index contributed by atoms with van der Waals surface area (Å²) in [5, 5.41) is 7.70. The predicted molar refractivity (Wildman–Crippen MR) is 115 cm³/mol. The highest BCUT2D eigenvalue weighted by Gasteiger charge is 2.25. The monoisotopic (exact) mass is 419 g/mol. The first kappa shape index (κ1) is 20.6. The van der Waals surface area contributed by atoms with Crippen molar-refractivity contribution in [1.29, 1.82) is 0 Å². The number of pyridine rings is 1. The summed E-state index contributed by atoms with van der Waals surface area (Å²) in [7, 11) is 1.35. The Bertz CT molecular complexity index is 1040. The molecule has 1 N–H and O–H groups in total. The number of rotatable bonds is 5. The number of nitrogens with one attached hydrogen (secondary N) is 1. The van der Waals surface area contributed by atoms with Crippen molar-refractivity contribution < 1.29 is 14.3 Å². The van der Waals surface area contributed by atoms with E-state index in [1.165, 1.54) is 7.11 Å². The SMILES string of the molecule is COC(=O)C[C@H](NC(=O)N1CCCn2nc(-c3cccnc3)cc2C1)c1ccccc1. The van der Waals surface area contributed by atoms with Crippen LogP contribution in [-0.2, 0) is 22.6 Å². The lowest BCUT2D eigenvalue weighted by atomic mass is 10.0. The molecule has 0 aliphatic carbocycles. The van der Waals surface area contributed by atoms with Crippen LogP contribution in [0, 0.1) is 0 Å². The van der Waals surface area contributed by atoms with Crippen molar-refractivity contribution >= 4 is 12.0 Å². The molecule has 160 valence electrons. The normalized spacial score (nSPS) is 14.3. The van der Waals surface area contributed by atoms with E-state index in [2.05, 4.69) is 10.3 Å². The Kier molecular flexibility index (Phi) is 6.26. The third-order valence-corrected chi connectivity index (χ3v) is 5.36. The van der Waals surface area contributed by atoms with Gasteiger partial charge in [-0.3, -0.25) is 14.5 Å². The van der Waals surface area contributed by atoms with Crippen LogP contribution in [0.2, 0.25) is 0 Å². The highest BCUT2D eigenvalue weighted by Crippen LogP contribution is 2.22. The Hall–Kier alpha value is -3.68. The molecule has 31 heavy (non-hydrogen) atoms. The van der Waals surface area contributed by atoms with E-state index in [9.17, 15) is 9.59 Å². The fourth-order valence-electron chi connectivity index (χ4n) is 3.72. The highest BCUT2D eigenvalue weighted by atomic mass is 16.5. The van der Waals surface area contributed by atoms with E-state index in [0.717, 1.165) is 35.5 Å². The molecule has 1 atom stereocenters. The summed E-state index contributed by atoms with van der Waals surface area (Å²) < 4.78 is 6.78. The van der Waals surface area contributed by atoms with Gasteiger partial charge in [0.25, 0.3) is 0 Å². The van der Waals surface area contributed by atoms with E-state index in [1.54, 1.807) is 17.3 Å². The molecule has 1 aromatic carbocycles. The molecule has 3 heterocycles. The highest BCUT2D eigenvalue weighted by molar-refractivity contribution is 5.77. The minimum atomic E-state index is -0.458. The first-order chi connectivity index (χ1) is 15.1. The zero-order valence-electron chi connectivity index (χ0n) is 17.4. The Morgan fingerprint density at radius 1 is 1.16 bits per heavy atom. The number of nitrogens with zero attached hydrogens (tertiary/aromatic N) is 4.